The van der Waals surface area contributed by atoms with Crippen LogP contribution in [0.1, 0.15) is 0 Å². The average molecular weight is 147 g/mol. The predicted molar refractivity (Wildman–Crippen MR) is 32.2 cm³/mol. The second-order valence-electron chi connectivity index (χ2n) is 1.69. The first kappa shape index (κ1) is 8.74. The van der Waals surface area contributed by atoms with E-state index in [0.717, 1.165) is 0 Å². The van der Waals surface area contributed by atoms with Gasteiger partial charge in [0.25, 0.3) is 6.47 Å². The standard InChI is InChI=1S/C5H9NO4/c1-6(2)5(8)10-4-9-3-7/h3H,4H2,1-2H3. The molecular formula is C5H9NO4. The fourth-order valence-electron chi connectivity index (χ4n) is 0.241. The predicted octanol–water partition coefficient (Wildman–Crippen LogP) is -0.185. The van der Waals surface area contributed by atoms with E-state index in [4.69, 9.17) is 0 Å². The van der Waals surface area contributed by atoms with Crippen LogP contribution in [0.25, 0.3) is 0 Å². The van der Waals surface area contributed by atoms with Gasteiger partial charge in [0.2, 0.25) is 6.79 Å². The highest BCUT2D eigenvalue weighted by atomic mass is 16.7. The van der Waals surface area contributed by atoms with E-state index in [1.165, 1.54) is 19.0 Å². The molecule has 0 fully saturated rings. The van der Waals surface area contributed by atoms with Gasteiger partial charge in [0.15, 0.2) is 0 Å². The SMILES string of the molecule is CN(C)C(=O)OCOC=O. The lowest BCUT2D eigenvalue weighted by molar-refractivity contribution is -0.136. The first-order valence-electron chi connectivity index (χ1n) is 2.58. The van der Waals surface area contributed by atoms with E-state index in [1.807, 2.05) is 0 Å². The van der Waals surface area contributed by atoms with Crippen LogP contribution in [0.4, 0.5) is 4.79 Å². The Morgan fingerprint density at radius 1 is 1.60 bits per heavy atom. The summed E-state index contributed by atoms with van der Waals surface area (Å²) in [7, 11) is 3.06. The van der Waals surface area contributed by atoms with Crippen molar-refractivity contribution in [1.29, 1.82) is 0 Å². The fourth-order valence-corrected chi connectivity index (χ4v) is 0.241. The number of nitrogens with zero attached hydrogens (tertiary/aromatic N) is 1. The summed E-state index contributed by atoms with van der Waals surface area (Å²) in [5.74, 6) is 0. The first-order valence-corrected chi connectivity index (χ1v) is 2.58. The van der Waals surface area contributed by atoms with Crippen molar-refractivity contribution in [3.63, 3.8) is 0 Å². The highest BCUT2D eigenvalue weighted by molar-refractivity contribution is 5.66. The highest BCUT2D eigenvalue weighted by Gasteiger charge is 2.02. The summed E-state index contributed by atoms with van der Waals surface area (Å²) < 4.78 is 8.48. The van der Waals surface area contributed by atoms with Gasteiger partial charge in [0.1, 0.15) is 0 Å². The van der Waals surface area contributed by atoms with Gasteiger partial charge in [-0.25, -0.2) is 4.79 Å². The number of carbonyl (C=O) groups excluding carboxylic acids is 2. The van der Waals surface area contributed by atoms with Crippen molar-refractivity contribution < 1.29 is 19.1 Å². The summed E-state index contributed by atoms with van der Waals surface area (Å²) in [5, 5.41) is 0. The maximum absolute atomic E-state index is 10.5. The lowest BCUT2D eigenvalue weighted by Gasteiger charge is -2.08. The van der Waals surface area contributed by atoms with E-state index in [1.54, 1.807) is 0 Å². The van der Waals surface area contributed by atoms with E-state index in [2.05, 4.69) is 9.47 Å². The van der Waals surface area contributed by atoms with Gasteiger partial charge in [-0.3, -0.25) is 4.79 Å². The molecule has 0 aliphatic rings. The van der Waals surface area contributed by atoms with Crippen LogP contribution in [0.15, 0.2) is 0 Å². The van der Waals surface area contributed by atoms with Crippen LogP contribution >= 0.6 is 0 Å². The molecule has 0 saturated heterocycles. The Morgan fingerprint density at radius 3 is 2.60 bits per heavy atom. The van der Waals surface area contributed by atoms with Crippen LogP contribution < -0.4 is 0 Å². The third-order valence-corrected chi connectivity index (χ3v) is 0.684. The molecule has 0 radical (unpaired) electrons. The first-order chi connectivity index (χ1) is 4.68. The number of rotatable bonds is 3. The molecule has 0 bridgehead atoms. The summed E-state index contributed by atoms with van der Waals surface area (Å²) in [6.45, 7) is -0.122. The topological polar surface area (TPSA) is 55.8 Å². The summed E-state index contributed by atoms with van der Waals surface area (Å²) >= 11 is 0. The van der Waals surface area contributed by atoms with Crippen LogP contribution in [0.5, 0.6) is 0 Å². The van der Waals surface area contributed by atoms with Crippen molar-refractivity contribution in [1.82, 2.24) is 4.90 Å². The van der Waals surface area contributed by atoms with E-state index in [9.17, 15) is 9.59 Å². The fraction of sp³-hybridized carbons (Fsp3) is 0.600. The lowest BCUT2D eigenvalue weighted by Crippen LogP contribution is -2.23. The summed E-state index contributed by atoms with van der Waals surface area (Å²) in [5.41, 5.74) is 0. The van der Waals surface area contributed by atoms with Crippen molar-refractivity contribution in [2.24, 2.45) is 0 Å². The van der Waals surface area contributed by atoms with Gasteiger partial charge in [0, 0.05) is 14.1 Å². The second-order valence-corrected chi connectivity index (χ2v) is 1.69. The Labute approximate surface area is 58.5 Å². The molecule has 0 unspecified atom stereocenters. The van der Waals surface area contributed by atoms with Gasteiger partial charge in [-0.05, 0) is 0 Å². The summed E-state index contributed by atoms with van der Waals surface area (Å²) in [4.78, 5) is 21.3. The van der Waals surface area contributed by atoms with Crippen LogP contribution in [-0.2, 0) is 14.3 Å². The van der Waals surface area contributed by atoms with Crippen LogP contribution in [0.2, 0.25) is 0 Å². The minimum absolute atomic E-state index is 0.211. The van der Waals surface area contributed by atoms with E-state index in [0.29, 0.717) is 0 Å². The molecule has 0 aromatic heterocycles. The smallest absolute Gasteiger partial charge is 0.412 e. The Morgan fingerprint density at radius 2 is 2.20 bits per heavy atom. The van der Waals surface area contributed by atoms with Crippen LogP contribution in [0.3, 0.4) is 0 Å². The zero-order valence-corrected chi connectivity index (χ0v) is 5.86. The van der Waals surface area contributed by atoms with E-state index >= 15 is 0 Å². The largest absolute Gasteiger partial charge is 0.430 e. The second kappa shape index (κ2) is 4.60. The molecule has 0 aliphatic heterocycles. The number of carbonyl (C=O) groups is 2. The Hall–Kier alpha value is -1.26. The minimum atomic E-state index is -0.540. The number of amides is 1. The number of hydrogen-bond acceptors (Lipinski definition) is 4. The summed E-state index contributed by atoms with van der Waals surface area (Å²) in [6.07, 6.45) is -0.540. The highest BCUT2D eigenvalue weighted by Crippen LogP contribution is 1.84. The molecular weight excluding hydrogens is 138 g/mol. The van der Waals surface area contributed by atoms with Gasteiger partial charge in [0.05, 0.1) is 0 Å². The monoisotopic (exact) mass is 147 g/mol. The van der Waals surface area contributed by atoms with Crippen molar-refractivity contribution in [2.45, 2.75) is 0 Å². The molecule has 5 nitrogen and oxygen atoms in total. The molecule has 0 spiro atoms. The molecule has 0 rings (SSSR count). The Balaban J connectivity index is 3.30. The maximum Gasteiger partial charge on any atom is 0.412 e. The molecule has 58 valence electrons. The molecule has 0 aliphatic carbocycles. The molecule has 10 heavy (non-hydrogen) atoms. The molecule has 1 amide bonds. The molecule has 0 heterocycles. The molecule has 0 aromatic carbocycles. The third-order valence-electron chi connectivity index (χ3n) is 0.684. The normalized spacial score (nSPS) is 8.20. The van der Waals surface area contributed by atoms with Gasteiger partial charge >= 0.3 is 6.09 Å². The third kappa shape index (κ3) is 3.71. The van der Waals surface area contributed by atoms with Crippen molar-refractivity contribution in [3.05, 3.63) is 0 Å². The quantitative estimate of drug-likeness (QED) is 0.315. The molecule has 0 aromatic rings. The molecule has 0 atom stereocenters. The van der Waals surface area contributed by atoms with E-state index < -0.39 is 6.09 Å². The Kier molecular flexibility index (Phi) is 4.02. The van der Waals surface area contributed by atoms with Gasteiger partial charge in [-0.1, -0.05) is 0 Å². The van der Waals surface area contributed by atoms with Gasteiger partial charge < -0.3 is 14.4 Å². The average Bonchev–Trinajstić information content (AvgIpc) is 1.88. The molecule has 5 heteroatoms. The van der Waals surface area contributed by atoms with Gasteiger partial charge in [-0.2, -0.15) is 0 Å². The van der Waals surface area contributed by atoms with Crippen molar-refractivity contribution >= 4 is 12.6 Å². The minimum Gasteiger partial charge on any atom is -0.430 e. The maximum atomic E-state index is 10.5. The van der Waals surface area contributed by atoms with Crippen LogP contribution in [0, 0.1) is 0 Å². The zero-order valence-electron chi connectivity index (χ0n) is 5.86. The van der Waals surface area contributed by atoms with E-state index in [-0.39, 0.29) is 13.3 Å². The Bertz CT molecular complexity index is 123. The number of hydrogen-bond donors (Lipinski definition) is 0. The van der Waals surface area contributed by atoms with Crippen molar-refractivity contribution in [2.75, 3.05) is 20.9 Å². The van der Waals surface area contributed by atoms with Crippen LogP contribution in [-0.4, -0.2) is 38.4 Å². The zero-order chi connectivity index (χ0) is 7.98. The number of ether oxygens (including phenoxy) is 2. The molecule has 0 N–H and O–H groups in total. The lowest BCUT2D eigenvalue weighted by atomic mass is 10.9. The summed E-state index contributed by atoms with van der Waals surface area (Å²) in [6, 6.07) is 0. The van der Waals surface area contributed by atoms with Gasteiger partial charge in [-0.15, -0.1) is 0 Å². The van der Waals surface area contributed by atoms with Crippen molar-refractivity contribution in [3.8, 4) is 0 Å². The molecule has 0 saturated carbocycles.